The van der Waals surface area contributed by atoms with Crippen molar-refractivity contribution in [3.63, 3.8) is 0 Å². The molecule has 0 spiro atoms. The molecule has 0 aromatic carbocycles. The molecule has 0 bridgehead atoms. The number of ether oxygens (including phenoxy) is 2. The summed E-state index contributed by atoms with van der Waals surface area (Å²) in [5.41, 5.74) is 0. The van der Waals surface area contributed by atoms with Crippen molar-refractivity contribution < 1.29 is 42.1 Å². The van der Waals surface area contributed by atoms with Crippen LogP contribution < -0.4 is 4.89 Å². The number of rotatable bonds is 63. The second-order valence-corrected chi connectivity index (χ2v) is 25.6. The normalized spacial score (nSPS) is 13.5. The standard InChI is InChI=1S/C70H130NO8P/c1-6-8-10-12-14-16-18-20-22-23-24-25-26-27-28-29-30-31-32-33-34-35-36-37-38-39-40-41-42-43-44-45-46-47-49-51-53-55-57-59-61-63-70(73)79-68(67-78-80(74,75)77-65-64-71(3,4)5)66-76-69(72)62-60-58-56-54-52-50-48-21-19-17-15-13-11-9-7-2/h8,10,14,16,20,22,24-25,27-28,68H,6-7,9,11-13,15,17-19,21,23,26,29-67H2,1-5H3/b10-8-,16-14-,22-20-,25-24-,28-27-. The highest BCUT2D eigenvalue weighted by Crippen LogP contribution is 2.38. The molecule has 2 unspecified atom stereocenters. The number of carbonyl (C=O) groups excluding carboxylic acids is 2. The van der Waals surface area contributed by atoms with Crippen LogP contribution in [0.15, 0.2) is 60.8 Å². The van der Waals surface area contributed by atoms with E-state index in [1.54, 1.807) is 0 Å². The van der Waals surface area contributed by atoms with Crippen LogP contribution >= 0.6 is 7.82 Å². The Bertz CT molecular complexity index is 1530. The van der Waals surface area contributed by atoms with Gasteiger partial charge in [0.1, 0.15) is 19.8 Å². The fraction of sp³-hybridized carbons (Fsp3) is 0.829. The number of phosphoric acid groups is 1. The number of carbonyl (C=O) groups is 2. The minimum absolute atomic E-state index is 0.0279. The van der Waals surface area contributed by atoms with E-state index in [1.165, 1.54) is 225 Å². The summed E-state index contributed by atoms with van der Waals surface area (Å²) in [5, 5.41) is 0. The third-order valence-corrected chi connectivity index (χ3v) is 16.0. The summed E-state index contributed by atoms with van der Waals surface area (Å²) in [6.45, 7) is 4.17. The Kier molecular flexibility index (Phi) is 59.5. The number of hydrogen-bond donors (Lipinski definition) is 0. The molecule has 0 radical (unpaired) electrons. The van der Waals surface area contributed by atoms with Gasteiger partial charge in [-0.1, -0.05) is 312 Å². The van der Waals surface area contributed by atoms with E-state index in [-0.39, 0.29) is 32.0 Å². The van der Waals surface area contributed by atoms with Crippen molar-refractivity contribution in [1.29, 1.82) is 0 Å². The number of nitrogens with zero attached hydrogens (tertiary/aromatic N) is 1. The maximum absolute atomic E-state index is 12.8. The van der Waals surface area contributed by atoms with Crippen LogP contribution in [0.5, 0.6) is 0 Å². The van der Waals surface area contributed by atoms with E-state index in [2.05, 4.69) is 74.6 Å². The Labute approximate surface area is 496 Å². The first-order valence-corrected chi connectivity index (χ1v) is 35.5. The molecule has 0 aromatic heterocycles. The van der Waals surface area contributed by atoms with Gasteiger partial charge in [-0.05, 0) is 57.8 Å². The zero-order valence-corrected chi connectivity index (χ0v) is 54.2. The number of esters is 2. The first-order valence-electron chi connectivity index (χ1n) is 34.0. The highest BCUT2D eigenvalue weighted by atomic mass is 31.2. The molecule has 468 valence electrons. The van der Waals surface area contributed by atoms with E-state index >= 15 is 0 Å². The predicted octanol–water partition coefficient (Wildman–Crippen LogP) is 21.2. The zero-order valence-electron chi connectivity index (χ0n) is 53.3. The number of likely N-dealkylation sites (N-methyl/N-ethyl adjacent to an activating group) is 1. The van der Waals surface area contributed by atoms with Crippen molar-refractivity contribution in [2.24, 2.45) is 0 Å². The number of unbranched alkanes of at least 4 members (excludes halogenated alkanes) is 39. The molecule has 0 heterocycles. The van der Waals surface area contributed by atoms with E-state index in [4.69, 9.17) is 18.5 Å². The molecule has 10 heteroatoms. The summed E-state index contributed by atoms with van der Waals surface area (Å²) >= 11 is 0. The Balaban J connectivity index is 3.87. The number of hydrogen-bond acceptors (Lipinski definition) is 8. The van der Waals surface area contributed by atoms with Gasteiger partial charge in [0.25, 0.3) is 7.82 Å². The average molecular weight is 1140 g/mol. The lowest BCUT2D eigenvalue weighted by Gasteiger charge is -2.28. The molecule has 0 aromatic rings. The lowest BCUT2D eigenvalue weighted by Crippen LogP contribution is -2.37. The molecule has 0 amide bonds. The average Bonchev–Trinajstić information content (AvgIpc) is 3.42. The van der Waals surface area contributed by atoms with Crippen LogP contribution in [0.3, 0.4) is 0 Å². The highest BCUT2D eigenvalue weighted by Gasteiger charge is 2.22. The van der Waals surface area contributed by atoms with Crippen molar-refractivity contribution in [2.75, 3.05) is 47.5 Å². The van der Waals surface area contributed by atoms with Crippen LogP contribution in [0.1, 0.15) is 322 Å². The van der Waals surface area contributed by atoms with E-state index in [0.717, 1.165) is 64.2 Å². The molecule has 0 aliphatic carbocycles. The van der Waals surface area contributed by atoms with Gasteiger partial charge in [0.15, 0.2) is 6.10 Å². The third-order valence-electron chi connectivity index (χ3n) is 15.1. The fourth-order valence-corrected chi connectivity index (χ4v) is 10.6. The van der Waals surface area contributed by atoms with E-state index in [9.17, 15) is 19.0 Å². The van der Waals surface area contributed by atoms with Crippen LogP contribution in [0, 0.1) is 0 Å². The summed E-state index contributed by atoms with van der Waals surface area (Å²) in [4.78, 5) is 37.9. The van der Waals surface area contributed by atoms with E-state index in [0.29, 0.717) is 17.4 Å². The minimum atomic E-state index is -4.63. The van der Waals surface area contributed by atoms with Crippen LogP contribution in [0.2, 0.25) is 0 Å². The zero-order chi connectivity index (χ0) is 58.4. The van der Waals surface area contributed by atoms with Gasteiger partial charge < -0.3 is 27.9 Å². The van der Waals surface area contributed by atoms with Crippen LogP contribution in [0.25, 0.3) is 0 Å². The maximum atomic E-state index is 12.8. The molecule has 0 aliphatic heterocycles. The Morgan fingerprint density at radius 3 is 1.06 bits per heavy atom. The molecule has 2 atom stereocenters. The monoisotopic (exact) mass is 1140 g/mol. The SMILES string of the molecule is CC/C=C\C/C=C\C/C=C\C/C=C\C/C=C\CCCCCCCCCCCCCCCCCCCCCCCCCCCC(=O)OC(COC(=O)CCCCCCCCCCCCCCCCC)COP(=O)([O-])OCC[N+](C)(C)C. The number of allylic oxidation sites excluding steroid dienone is 10. The van der Waals surface area contributed by atoms with Gasteiger partial charge in [-0.25, -0.2) is 0 Å². The maximum Gasteiger partial charge on any atom is 0.306 e. The predicted molar refractivity (Wildman–Crippen MR) is 342 cm³/mol. The van der Waals surface area contributed by atoms with Gasteiger partial charge in [0, 0.05) is 12.8 Å². The molecule has 0 rings (SSSR count). The summed E-state index contributed by atoms with van der Waals surface area (Å²) < 4.78 is 34.2. The Morgan fingerprint density at radius 1 is 0.400 bits per heavy atom. The summed E-state index contributed by atoms with van der Waals surface area (Å²) in [6, 6.07) is 0. The fourth-order valence-electron chi connectivity index (χ4n) is 9.86. The van der Waals surface area contributed by atoms with Crippen LogP contribution in [-0.4, -0.2) is 70.0 Å². The van der Waals surface area contributed by atoms with Gasteiger partial charge in [-0.2, -0.15) is 0 Å². The summed E-state index contributed by atoms with van der Waals surface area (Å²) in [6.07, 6.45) is 80.3. The second-order valence-electron chi connectivity index (χ2n) is 24.2. The number of quaternary nitrogens is 1. The Morgan fingerprint density at radius 2 is 0.713 bits per heavy atom. The molecule has 0 aliphatic rings. The van der Waals surface area contributed by atoms with Crippen molar-refractivity contribution in [3.05, 3.63) is 60.8 Å². The van der Waals surface area contributed by atoms with E-state index < -0.39 is 26.5 Å². The van der Waals surface area contributed by atoms with Crippen molar-refractivity contribution in [2.45, 2.75) is 328 Å². The molecule has 0 fully saturated rings. The summed E-state index contributed by atoms with van der Waals surface area (Å²) in [5.74, 6) is -0.815. The first-order chi connectivity index (χ1) is 39.0. The van der Waals surface area contributed by atoms with Crippen LogP contribution in [0.4, 0.5) is 0 Å². The topological polar surface area (TPSA) is 111 Å². The molecule has 0 saturated heterocycles. The second kappa shape index (κ2) is 61.3. The van der Waals surface area contributed by atoms with E-state index in [1.807, 2.05) is 21.1 Å². The lowest BCUT2D eigenvalue weighted by atomic mass is 10.0. The molecule has 0 saturated carbocycles. The van der Waals surface area contributed by atoms with Crippen molar-refractivity contribution >= 4 is 19.8 Å². The smallest absolute Gasteiger partial charge is 0.306 e. The molecule has 80 heavy (non-hydrogen) atoms. The van der Waals surface area contributed by atoms with Crippen molar-refractivity contribution in [1.82, 2.24) is 0 Å². The number of phosphoric ester groups is 1. The van der Waals surface area contributed by atoms with Crippen molar-refractivity contribution in [3.8, 4) is 0 Å². The highest BCUT2D eigenvalue weighted by molar-refractivity contribution is 7.45. The minimum Gasteiger partial charge on any atom is -0.756 e. The Hall–Kier alpha value is -2.29. The first kappa shape index (κ1) is 77.7. The van der Waals surface area contributed by atoms with Gasteiger partial charge in [-0.3, -0.25) is 14.2 Å². The van der Waals surface area contributed by atoms with Gasteiger partial charge >= 0.3 is 11.9 Å². The van der Waals surface area contributed by atoms with Crippen LogP contribution in [-0.2, 0) is 32.7 Å². The van der Waals surface area contributed by atoms with Gasteiger partial charge in [0.05, 0.1) is 27.7 Å². The molecular weight excluding hydrogens is 1010 g/mol. The molecule has 9 nitrogen and oxygen atoms in total. The quantitative estimate of drug-likeness (QED) is 0.0195. The third kappa shape index (κ3) is 64.9. The lowest BCUT2D eigenvalue weighted by molar-refractivity contribution is -0.870. The van der Waals surface area contributed by atoms with Gasteiger partial charge in [0.2, 0.25) is 0 Å². The summed E-state index contributed by atoms with van der Waals surface area (Å²) in [7, 11) is 1.18. The molecule has 0 N–H and O–H groups in total. The largest absolute Gasteiger partial charge is 0.756 e. The van der Waals surface area contributed by atoms with Gasteiger partial charge in [-0.15, -0.1) is 0 Å². The molecular formula is C70H130NO8P.